The second-order valence-electron chi connectivity index (χ2n) is 8.31. The fourth-order valence-corrected chi connectivity index (χ4v) is 4.66. The molecular weight excluding hydrogens is 354 g/mol. The summed E-state index contributed by atoms with van der Waals surface area (Å²) in [5.74, 6) is 0. The van der Waals surface area contributed by atoms with Gasteiger partial charge >= 0.3 is 0 Å². The molecule has 8 heteroatoms. The van der Waals surface area contributed by atoms with Crippen molar-refractivity contribution in [2.45, 2.75) is 99.9 Å². The molecule has 2 heterocycles. The number of aliphatic hydroxyl groups is 7. The quantitative estimate of drug-likeness (QED) is 0.204. The van der Waals surface area contributed by atoms with E-state index in [1.165, 1.54) is 0 Å². The molecule has 27 heavy (non-hydrogen) atoms. The molecule has 0 aliphatic carbocycles. The molecule has 2 fully saturated rings. The standard InChI is InChI=1S/C19H37NO7/c21-11-14(24)6-4-2-1-3-5-13(23)7-8-19(12-22)17(26)9-15-18(27)16(25)10-20(15)19/h13-18,21-27H,1-12H2. The third kappa shape index (κ3) is 5.39. The van der Waals surface area contributed by atoms with Gasteiger partial charge in [-0.1, -0.05) is 25.7 Å². The molecule has 0 radical (unpaired) electrons. The van der Waals surface area contributed by atoms with Crippen LogP contribution in [0.2, 0.25) is 0 Å². The first-order valence-corrected chi connectivity index (χ1v) is 10.2. The van der Waals surface area contributed by atoms with E-state index in [0.29, 0.717) is 32.1 Å². The predicted molar refractivity (Wildman–Crippen MR) is 99.0 cm³/mol. The molecule has 0 amide bonds. The Morgan fingerprint density at radius 1 is 0.889 bits per heavy atom. The van der Waals surface area contributed by atoms with Gasteiger partial charge in [-0.25, -0.2) is 0 Å². The zero-order valence-electron chi connectivity index (χ0n) is 16.0. The highest BCUT2D eigenvalue weighted by molar-refractivity contribution is 5.13. The largest absolute Gasteiger partial charge is 0.394 e. The summed E-state index contributed by atoms with van der Waals surface area (Å²) in [4.78, 5) is 1.83. The predicted octanol–water partition coefficient (Wildman–Crippen LogP) is -1.28. The highest BCUT2D eigenvalue weighted by atomic mass is 16.3. The second kappa shape index (κ2) is 10.5. The Labute approximate surface area is 161 Å². The van der Waals surface area contributed by atoms with Crippen molar-refractivity contribution < 1.29 is 35.7 Å². The van der Waals surface area contributed by atoms with Gasteiger partial charge in [0.15, 0.2) is 0 Å². The van der Waals surface area contributed by atoms with E-state index in [1.807, 2.05) is 4.90 Å². The molecular formula is C19H37NO7. The summed E-state index contributed by atoms with van der Waals surface area (Å²) in [7, 11) is 0. The third-order valence-corrected chi connectivity index (χ3v) is 6.45. The molecule has 2 saturated heterocycles. The molecule has 0 bridgehead atoms. The van der Waals surface area contributed by atoms with Crippen molar-refractivity contribution in [1.82, 2.24) is 4.90 Å². The molecule has 2 rings (SSSR count). The van der Waals surface area contributed by atoms with Crippen LogP contribution in [0.1, 0.15) is 57.8 Å². The number of rotatable bonds is 12. The van der Waals surface area contributed by atoms with Crippen molar-refractivity contribution >= 4 is 0 Å². The van der Waals surface area contributed by atoms with Crippen molar-refractivity contribution in [1.29, 1.82) is 0 Å². The summed E-state index contributed by atoms with van der Waals surface area (Å²) in [6.45, 7) is -0.258. The first-order chi connectivity index (χ1) is 12.9. The fraction of sp³-hybridized carbons (Fsp3) is 1.00. The Balaban J connectivity index is 1.72. The highest BCUT2D eigenvalue weighted by Gasteiger charge is 2.58. The number of fused-ring (bicyclic) bond motifs is 1. The topological polar surface area (TPSA) is 145 Å². The van der Waals surface area contributed by atoms with Crippen molar-refractivity contribution in [3.63, 3.8) is 0 Å². The first kappa shape index (κ1) is 23.0. The molecule has 0 spiro atoms. The van der Waals surface area contributed by atoms with E-state index in [2.05, 4.69) is 0 Å². The van der Waals surface area contributed by atoms with Gasteiger partial charge in [0.25, 0.3) is 0 Å². The van der Waals surface area contributed by atoms with Gasteiger partial charge in [0.2, 0.25) is 0 Å². The van der Waals surface area contributed by atoms with Crippen LogP contribution in [0.15, 0.2) is 0 Å². The van der Waals surface area contributed by atoms with Crippen molar-refractivity contribution in [2.75, 3.05) is 19.8 Å². The van der Waals surface area contributed by atoms with E-state index >= 15 is 0 Å². The van der Waals surface area contributed by atoms with Crippen molar-refractivity contribution in [2.24, 2.45) is 0 Å². The van der Waals surface area contributed by atoms with Crippen LogP contribution in [0.25, 0.3) is 0 Å². The van der Waals surface area contributed by atoms with E-state index in [9.17, 15) is 30.6 Å². The van der Waals surface area contributed by atoms with E-state index in [-0.39, 0.29) is 25.8 Å². The normalized spacial score (nSPS) is 36.1. The lowest BCUT2D eigenvalue weighted by molar-refractivity contribution is -0.0337. The molecule has 160 valence electrons. The summed E-state index contributed by atoms with van der Waals surface area (Å²) >= 11 is 0. The summed E-state index contributed by atoms with van der Waals surface area (Å²) in [5.41, 5.74) is -0.912. The van der Waals surface area contributed by atoms with E-state index < -0.39 is 36.1 Å². The average Bonchev–Trinajstić information content (AvgIpc) is 3.09. The zero-order chi connectivity index (χ0) is 20.0. The lowest BCUT2D eigenvalue weighted by Crippen LogP contribution is -2.54. The molecule has 0 aromatic heterocycles. The molecule has 2 aliphatic heterocycles. The van der Waals surface area contributed by atoms with Crippen LogP contribution in [0, 0.1) is 0 Å². The lowest BCUT2D eigenvalue weighted by atomic mass is 9.86. The number of hydrogen-bond acceptors (Lipinski definition) is 8. The van der Waals surface area contributed by atoms with Crippen LogP contribution in [-0.4, -0.2) is 103 Å². The molecule has 7 N–H and O–H groups in total. The highest BCUT2D eigenvalue weighted by Crippen LogP contribution is 2.43. The van der Waals surface area contributed by atoms with Gasteiger partial charge in [-0.15, -0.1) is 0 Å². The Morgan fingerprint density at radius 2 is 1.52 bits per heavy atom. The zero-order valence-corrected chi connectivity index (χ0v) is 16.0. The van der Waals surface area contributed by atoms with Gasteiger partial charge in [0.05, 0.1) is 49.3 Å². The maximum Gasteiger partial charge on any atom is 0.0967 e. The van der Waals surface area contributed by atoms with Crippen LogP contribution < -0.4 is 0 Å². The van der Waals surface area contributed by atoms with Crippen LogP contribution >= 0.6 is 0 Å². The molecule has 2 aliphatic rings. The summed E-state index contributed by atoms with van der Waals surface area (Å²) < 4.78 is 0. The number of hydrogen-bond donors (Lipinski definition) is 7. The Hall–Kier alpha value is -0.320. The van der Waals surface area contributed by atoms with Gasteiger partial charge < -0.3 is 35.7 Å². The molecule has 0 saturated carbocycles. The number of nitrogens with zero attached hydrogens (tertiary/aromatic N) is 1. The smallest absolute Gasteiger partial charge is 0.0967 e. The van der Waals surface area contributed by atoms with Gasteiger partial charge in [-0.2, -0.15) is 0 Å². The van der Waals surface area contributed by atoms with Crippen LogP contribution in [-0.2, 0) is 0 Å². The summed E-state index contributed by atoms with van der Waals surface area (Å²) in [6, 6.07) is -0.353. The summed E-state index contributed by atoms with van der Waals surface area (Å²) in [5, 5.41) is 68.7. The maximum atomic E-state index is 10.5. The van der Waals surface area contributed by atoms with Gasteiger partial charge in [-0.05, 0) is 32.1 Å². The minimum Gasteiger partial charge on any atom is -0.394 e. The number of unbranched alkanes of at least 4 members (excludes halogenated alkanes) is 3. The second-order valence-corrected chi connectivity index (χ2v) is 8.31. The Morgan fingerprint density at radius 3 is 2.11 bits per heavy atom. The van der Waals surface area contributed by atoms with Crippen LogP contribution in [0.5, 0.6) is 0 Å². The lowest BCUT2D eigenvalue weighted by Gasteiger charge is -2.39. The Kier molecular flexibility index (Phi) is 8.89. The van der Waals surface area contributed by atoms with Gasteiger partial charge in [0, 0.05) is 12.6 Å². The minimum absolute atomic E-state index is 0.205. The van der Waals surface area contributed by atoms with E-state index in [0.717, 1.165) is 25.7 Å². The molecule has 0 aromatic rings. The Bertz CT molecular complexity index is 440. The van der Waals surface area contributed by atoms with Gasteiger partial charge in [0.1, 0.15) is 0 Å². The number of aliphatic hydroxyl groups excluding tert-OH is 7. The monoisotopic (exact) mass is 391 g/mol. The molecule has 0 aromatic carbocycles. The molecule has 7 unspecified atom stereocenters. The number of β-amino-alcohol motifs (C(OH)–C–C–N with tert-alkyl or cyclic N) is 1. The van der Waals surface area contributed by atoms with Crippen LogP contribution in [0.3, 0.4) is 0 Å². The first-order valence-electron chi connectivity index (χ1n) is 10.2. The SMILES string of the molecule is OCC(O)CCCCCCC(O)CCC1(CO)C(O)CC2C(O)C(O)CN21. The van der Waals surface area contributed by atoms with Crippen LogP contribution in [0.4, 0.5) is 0 Å². The third-order valence-electron chi connectivity index (χ3n) is 6.45. The van der Waals surface area contributed by atoms with Gasteiger partial charge in [-0.3, -0.25) is 4.90 Å². The van der Waals surface area contributed by atoms with E-state index in [1.54, 1.807) is 0 Å². The maximum absolute atomic E-state index is 10.5. The van der Waals surface area contributed by atoms with Crippen molar-refractivity contribution in [3.05, 3.63) is 0 Å². The van der Waals surface area contributed by atoms with Crippen molar-refractivity contribution in [3.8, 4) is 0 Å². The molecule has 8 nitrogen and oxygen atoms in total. The average molecular weight is 392 g/mol. The van der Waals surface area contributed by atoms with E-state index in [4.69, 9.17) is 5.11 Å². The fourth-order valence-electron chi connectivity index (χ4n) is 4.66. The minimum atomic E-state index is -0.914. The molecule has 7 atom stereocenters. The summed E-state index contributed by atoms with van der Waals surface area (Å²) in [6.07, 6.45) is 2.21.